The molecule has 0 aliphatic heterocycles. The average molecular weight is 514 g/mol. The molecule has 0 saturated carbocycles. The Morgan fingerprint density at radius 3 is 2.20 bits per heavy atom. The Hall–Kier alpha value is -5.69. The molecule has 0 aliphatic rings. The summed E-state index contributed by atoms with van der Waals surface area (Å²) in [6.45, 7) is 0. The minimum atomic E-state index is 0.593. The topological polar surface area (TPSA) is 90.2 Å². The van der Waals surface area contributed by atoms with E-state index in [1.54, 1.807) is 0 Å². The normalized spacial score (nSPS) is 11.5. The lowest BCUT2D eigenvalue weighted by Crippen LogP contribution is -2.01. The second-order valence-corrected chi connectivity index (χ2v) is 9.58. The second kappa shape index (κ2) is 8.96. The zero-order valence-electron chi connectivity index (χ0n) is 21.1. The maximum atomic E-state index is 5.05. The number of rotatable bonds is 3. The van der Waals surface area contributed by atoms with Crippen LogP contribution in [0, 0.1) is 0 Å². The molecular formula is C33H19N7. The molecule has 8 aromatic rings. The second-order valence-electron chi connectivity index (χ2n) is 9.58. The molecular weight excluding hydrogens is 494 g/mol. The molecule has 0 N–H and O–H groups in total. The van der Waals surface area contributed by atoms with Crippen molar-refractivity contribution in [3.05, 3.63) is 115 Å². The van der Waals surface area contributed by atoms with Gasteiger partial charge in [0, 0.05) is 38.9 Å². The lowest BCUT2D eigenvalue weighted by atomic mass is 9.92. The number of hydrogen-bond donors (Lipinski definition) is 0. The maximum absolute atomic E-state index is 5.05. The number of pyridine rings is 2. The highest BCUT2D eigenvalue weighted by Crippen LogP contribution is 2.42. The van der Waals surface area contributed by atoms with E-state index in [1.165, 1.54) is 0 Å². The van der Waals surface area contributed by atoms with E-state index >= 15 is 0 Å². The molecule has 0 unspecified atom stereocenters. The van der Waals surface area contributed by atoms with Gasteiger partial charge in [0.25, 0.3) is 0 Å². The van der Waals surface area contributed by atoms with E-state index in [0.29, 0.717) is 16.9 Å². The first kappa shape index (κ1) is 22.3. The van der Waals surface area contributed by atoms with Crippen LogP contribution in [-0.4, -0.2) is 35.6 Å². The van der Waals surface area contributed by atoms with Gasteiger partial charge in [-0.1, -0.05) is 66.7 Å². The van der Waals surface area contributed by atoms with Crippen LogP contribution in [0.15, 0.2) is 115 Å². The molecule has 4 heterocycles. The molecule has 7 nitrogen and oxygen atoms in total. The third-order valence-corrected chi connectivity index (χ3v) is 7.24. The fourth-order valence-electron chi connectivity index (χ4n) is 5.35. The molecule has 0 saturated heterocycles. The first-order chi connectivity index (χ1) is 19.8. The van der Waals surface area contributed by atoms with Gasteiger partial charge in [-0.3, -0.25) is 4.98 Å². The lowest BCUT2D eigenvalue weighted by molar-refractivity contribution is 0.894. The molecule has 40 heavy (non-hydrogen) atoms. The third kappa shape index (κ3) is 3.56. The molecule has 0 atom stereocenters. The van der Waals surface area contributed by atoms with Crippen LogP contribution in [-0.2, 0) is 0 Å². The summed E-state index contributed by atoms with van der Waals surface area (Å²) in [4.78, 5) is 9.97. The van der Waals surface area contributed by atoms with Gasteiger partial charge in [-0.15, -0.1) is 20.4 Å². The van der Waals surface area contributed by atoms with Crippen molar-refractivity contribution < 1.29 is 0 Å². The summed E-state index contributed by atoms with van der Waals surface area (Å²) in [5.41, 5.74) is 7.08. The zero-order chi connectivity index (χ0) is 26.5. The quantitative estimate of drug-likeness (QED) is 0.250. The lowest BCUT2D eigenvalue weighted by Gasteiger charge is -2.16. The number of benzene rings is 4. The predicted molar refractivity (Wildman–Crippen MR) is 157 cm³/mol. The summed E-state index contributed by atoms with van der Waals surface area (Å²) in [5.74, 6) is 0. The van der Waals surface area contributed by atoms with Crippen LogP contribution in [0.4, 0.5) is 0 Å². The highest BCUT2D eigenvalue weighted by molar-refractivity contribution is 6.12. The smallest absolute Gasteiger partial charge is 0.125 e. The molecule has 4 aromatic carbocycles. The van der Waals surface area contributed by atoms with Gasteiger partial charge in [0.1, 0.15) is 11.4 Å². The van der Waals surface area contributed by atoms with Crippen molar-refractivity contribution in [3.63, 3.8) is 0 Å². The van der Waals surface area contributed by atoms with Crippen molar-refractivity contribution in [3.8, 4) is 33.9 Å². The number of para-hydroxylation sites is 1. The fourth-order valence-corrected chi connectivity index (χ4v) is 5.35. The van der Waals surface area contributed by atoms with E-state index in [1.807, 2.05) is 85.1 Å². The van der Waals surface area contributed by atoms with Crippen LogP contribution in [0.5, 0.6) is 0 Å². The van der Waals surface area contributed by atoms with Crippen LogP contribution < -0.4 is 0 Å². The van der Waals surface area contributed by atoms with Crippen LogP contribution in [0.2, 0.25) is 0 Å². The van der Waals surface area contributed by atoms with E-state index in [4.69, 9.17) is 9.97 Å². The van der Waals surface area contributed by atoms with Crippen LogP contribution in [0.25, 0.3) is 77.4 Å². The molecule has 0 radical (unpaired) electrons. The van der Waals surface area contributed by atoms with Crippen molar-refractivity contribution in [1.29, 1.82) is 0 Å². The monoisotopic (exact) mass is 513 g/mol. The SMILES string of the molecule is c1ccc2nnc(-c3nnnc4ccc(-c5ccc6ccccc6n5)c(-c5nccc6ccccc56)c34)cc2c1. The Morgan fingerprint density at radius 1 is 0.475 bits per heavy atom. The van der Waals surface area contributed by atoms with Crippen LogP contribution >= 0.6 is 0 Å². The first-order valence-corrected chi connectivity index (χ1v) is 12.9. The minimum Gasteiger partial charge on any atom is -0.256 e. The Kier molecular flexibility index (Phi) is 4.99. The van der Waals surface area contributed by atoms with Gasteiger partial charge < -0.3 is 0 Å². The summed E-state index contributed by atoms with van der Waals surface area (Å²) in [5, 5.41) is 27.0. The number of fused-ring (bicyclic) bond motifs is 4. The number of hydrogen-bond acceptors (Lipinski definition) is 7. The van der Waals surface area contributed by atoms with Gasteiger partial charge in [-0.25, -0.2) is 4.98 Å². The highest BCUT2D eigenvalue weighted by Gasteiger charge is 2.22. The van der Waals surface area contributed by atoms with Crippen molar-refractivity contribution in [2.24, 2.45) is 0 Å². The Labute approximate surface area is 228 Å². The van der Waals surface area contributed by atoms with Gasteiger partial charge in [-0.05, 0) is 53.1 Å². The standard InChI is InChI=1S/C33H19N7/c1-4-10-23-20(7-1)17-18-34-32(23)30-24(27-15-13-21-8-2-5-11-25(21)35-27)14-16-28-31(30)33(39-40-38-28)29-19-22-9-3-6-12-26(22)36-37-29/h1-19H. The van der Waals surface area contributed by atoms with Crippen LogP contribution in [0.1, 0.15) is 0 Å². The van der Waals surface area contributed by atoms with Gasteiger partial charge in [0.05, 0.1) is 27.9 Å². The number of nitrogens with zero attached hydrogens (tertiary/aromatic N) is 7. The molecule has 0 spiro atoms. The van der Waals surface area contributed by atoms with Crippen molar-refractivity contribution in [2.45, 2.75) is 0 Å². The molecule has 0 bridgehead atoms. The third-order valence-electron chi connectivity index (χ3n) is 7.24. The van der Waals surface area contributed by atoms with Crippen molar-refractivity contribution in [2.75, 3.05) is 0 Å². The Balaban J connectivity index is 1.51. The molecule has 0 aliphatic carbocycles. The Morgan fingerprint density at radius 2 is 1.27 bits per heavy atom. The minimum absolute atomic E-state index is 0.593. The molecule has 7 heteroatoms. The zero-order valence-corrected chi connectivity index (χ0v) is 21.1. The summed E-state index contributed by atoms with van der Waals surface area (Å²) < 4.78 is 0. The largest absolute Gasteiger partial charge is 0.256 e. The van der Waals surface area contributed by atoms with Gasteiger partial charge in [0.15, 0.2) is 0 Å². The molecule has 0 amide bonds. The average Bonchev–Trinajstić information content (AvgIpc) is 3.03. The van der Waals surface area contributed by atoms with Gasteiger partial charge >= 0.3 is 0 Å². The van der Waals surface area contributed by atoms with Gasteiger partial charge in [0.2, 0.25) is 0 Å². The van der Waals surface area contributed by atoms with E-state index in [2.05, 4.69) is 55.9 Å². The maximum Gasteiger partial charge on any atom is 0.125 e. The summed E-state index contributed by atoms with van der Waals surface area (Å²) in [6.07, 6.45) is 1.84. The first-order valence-electron chi connectivity index (χ1n) is 12.9. The molecule has 186 valence electrons. The highest BCUT2D eigenvalue weighted by atomic mass is 15.3. The van der Waals surface area contributed by atoms with E-state index < -0.39 is 0 Å². The summed E-state index contributed by atoms with van der Waals surface area (Å²) >= 11 is 0. The predicted octanol–water partition coefficient (Wildman–Crippen LogP) is 7.07. The Bertz CT molecular complexity index is 2240. The van der Waals surface area contributed by atoms with Crippen LogP contribution in [0.3, 0.4) is 0 Å². The summed E-state index contributed by atoms with van der Waals surface area (Å²) in [6, 6.07) is 36.4. The molecule has 8 rings (SSSR count). The molecule has 4 aromatic heterocycles. The van der Waals surface area contributed by atoms with Gasteiger partial charge in [-0.2, -0.15) is 0 Å². The van der Waals surface area contributed by atoms with E-state index in [9.17, 15) is 0 Å². The molecule has 0 fully saturated rings. The fraction of sp³-hybridized carbons (Fsp3) is 0. The van der Waals surface area contributed by atoms with E-state index in [-0.39, 0.29) is 0 Å². The summed E-state index contributed by atoms with van der Waals surface area (Å²) in [7, 11) is 0. The van der Waals surface area contributed by atoms with Crippen molar-refractivity contribution >= 4 is 43.5 Å². The number of aromatic nitrogens is 7. The van der Waals surface area contributed by atoms with E-state index in [0.717, 1.165) is 60.5 Å². The van der Waals surface area contributed by atoms with Crippen molar-refractivity contribution in [1.82, 2.24) is 35.6 Å².